The summed E-state index contributed by atoms with van der Waals surface area (Å²) in [5, 5.41) is 0. The summed E-state index contributed by atoms with van der Waals surface area (Å²) in [5.74, 6) is 0.0556. The second-order valence-corrected chi connectivity index (χ2v) is 1.79. The van der Waals surface area contributed by atoms with E-state index in [1.807, 2.05) is 12.8 Å². The molecular formula is C10H8FeO5. The summed E-state index contributed by atoms with van der Waals surface area (Å²) in [6, 6.07) is 0. The fraction of sp³-hybridized carbons (Fsp3) is 0.200. The van der Waals surface area contributed by atoms with E-state index in [2.05, 4.69) is 20.0 Å². The van der Waals surface area contributed by atoms with E-state index >= 15 is 0 Å². The average molecular weight is 264 g/mol. The summed E-state index contributed by atoms with van der Waals surface area (Å²) in [6.45, 7) is 13.5. The Morgan fingerprint density at radius 3 is 1.88 bits per heavy atom. The van der Waals surface area contributed by atoms with Crippen molar-refractivity contribution in [2.24, 2.45) is 0 Å². The Morgan fingerprint density at radius 1 is 1.19 bits per heavy atom. The first-order valence-corrected chi connectivity index (χ1v) is 3.40. The average Bonchev–Trinajstić information content (AvgIpc) is 2.37. The molecule has 86 valence electrons. The van der Waals surface area contributed by atoms with Crippen LogP contribution >= 0.6 is 0 Å². The van der Waals surface area contributed by atoms with Gasteiger partial charge in [-0.1, -0.05) is 0 Å². The van der Waals surface area contributed by atoms with Crippen molar-refractivity contribution in [1.82, 2.24) is 0 Å². The number of ether oxygens (including phenoxy) is 1. The summed E-state index contributed by atoms with van der Waals surface area (Å²) in [5.41, 5.74) is 0. The van der Waals surface area contributed by atoms with Crippen LogP contribution in [0.1, 0.15) is 6.42 Å². The fourth-order valence-electron chi connectivity index (χ4n) is 0.706. The number of ketones is 1. The first-order valence-electron chi connectivity index (χ1n) is 3.40. The second-order valence-electron chi connectivity index (χ2n) is 1.79. The maximum Gasteiger partial charge on any atom is 0 e. The second kappa shape index (κ2) is 23.9. The number of hydrogen-bond donors (Lipinski definition) is 0. The quantitative estimate of drug-likeness (QED) is 0.395. The Bertz CT molecular complexity index is 195. The van der Waals surface area contributed by atoms with Crippen molar-refractivity contribution in [2.45, 2.75) is 6.42 Å². The molecule has 1 aliphatic rings. The van der Waals surface area contributed by atoms with Gasteiger partial charge in [0.2, 0.25) is 0 Å². The molecule has 0 atom stereocenters. The Labute approximate surface area is 106 Å². The number of carbonyl (C=O) groups excluding carboxylic acids is 1. The van der Waals surface area contributed by atoms with E-state index < -0.39 is 0 Å². The van der Waals surface area contributed by atoms with Crippen molar-refractivity contribution in [2.75, 3.05) is 7.11 Å². The van der Waals surface area contributed by atoms with E-state index in [-0.39, 0.29) is 22.9 Å². The molecule has 1 fully saturated rings. The van der Waals surface area contributed by atoms with Crippen LogP contribution in [0.5, 0.6) is 0 Å². The fourth-order valence-corrected chi connectivity index (χ4v) is 0.706. The molecule has 0 saturated heterocycles. The van der Waals surface area contributed by atoms with Crippen molar-refractivity contribution < 1.29 is 40.6 Å². The van der Waals surface area contributed by atoms with Crippen molar-refractivity contribution in [1.29, 1.82) is 0 Å². The minimum Gasteiger partial charge on any atom is 0 e. The predicted molar refractivity (Wildman–Crippen MR) is 44.6 cm³/mol. The molecule has 0 aromatic heterocycles. The molecule has 0 spiro atoms. The molecule has 1 saturated carbocycles. The number of Topliss-reactive ketones (excluding diaryl/α,β-unsaturated/α-hetero) is 1. The molecule has 0 amide bonds. The van der Waals surface area contributed by atoms with Gasteiger partial charge in [-0.2, -0.15) is 0 Å². The molecule has 1 rings (SSSR count). The molecule has 0 aromatic carbocycles. The summed E-state index contributed by atoms with van der Waals surface area (Å²) in [4.78, 5) is 10.8. The van der Waals surface area contributed by atoms with Gasteiger partial charge in [0.25, 0.3) is 0 Å². The molecule has 0 aromatic rings. The largest absolute Gasteiger partial charge is 0 e. The van der Waals surface area contributed by atoms with Crippen LogP contribution in [0.15, 0.2) is 0 Å². The number of rotatable bonds is 1. The molecule has 0 aliphatic heterocycles. The van der Waals surface area contributed by atoms with Crippen LogP contribution in [0.4, 0.5) is 0 Å². The predicted octanol–water partition coefficient (Wildman–Crippen LogP) is 0.635. The summed E-state index contributed by atoms with van der Waals surface area (Å²) in [6.07, 6.45) is 6.23. The van der Waals surface area contributed by atoms with Crippen molar-refractivity contribution in [3.63, 3.8) is 0 Å². The van der Waals surface area contributed by atoms with Gasteiger partial charge in [-0.05, 0) is 12.8 Å². The maximum atomic E-state index is 10.8. The third-order valence-corrected chi connectivity index (χ3v) is 1.18. The Kier molecular flexibility index (Phi) is 36.7. The Hall–Kier alpha value is -0.631. The van der Waals surface area contributed by atoms with Gasteiger partial charge in [0, 0.05) is 37.0 Å². The van der Waals surface area contributed by atoms with Gasteiger partial charge in [-0.3, -0.25) is 4.79 Å². The first kappa shape index (κ1) is 24.6. The van der Waals surface area contributed by atoms with Gasteiger partial charge in [0.05, 0.1) is 0 Å². The van der Waals surface area contributed by atoms with E-state index in [1.165, 1.54) is 7.11 Å². The zero-order chi connectivity index (χ0) is 12.7. The molecule has 0 bridgehead atoms. The maximum absolute atomic E-state index is 10.8. The van der Waals surface area contributed by atoms with Crippen LogP contribution in [0.25, 0.3) is 0 Å². The van der Waals surface area contributed by atoms with E-state index in [0.29, 0.717) is 12.5 Å². The van der Waals surface area contributed by atoms with E-state index in [9.17, 15) is 4.79 Å². The van der Waals surface area contributed by atoms with Crippen LogP contribution in [0.3, 0.4) is 0 Å². The smallest absolute Gasteiger partial charge is 0 e. The van der Waals surface area contributed by atoms with E-state index in [0.717, 1.165) is 0 Å². The zero-order valence-corrected chi connectivity index (χ0v) is 9.44. The van der Waals surface area contributed by atoms with Gasteiger partial charge in [-0.25, -0.2) is 0 Å². The molecule has 5 nitrogen and oxygen atoms in total. The van der Waals surface area contributed by atoms with Crippen LogP contribution in [-0.4, -0.2) is 12.9 Å². The Morgan fingerprint density at radius 2 is 1.62 bits per heavy atom. The monoisotopic (exact) mass is 264 g/mol. The molecule has 1 aliphatic carbocycles. The van der Waals surface area contributed by atoms with Crippen LogP contribution in [0, 0.1) is 45.3 Å². The Balaban J connectivity index is -0.0000000900. The summed E-state index contributed by atoms with van der Waals surface area (Å²) >= 11 is 0. The molecule has 0 N–H and O–H groups in total. The molecule has 0 heterocycles. The van der Waals surface area contributed by atoms with Gasteiger partial charge >= 0.3 is 33.9 Å². The minimum absolute atomic E-state index is 0. The number of carbonyl (C=O) groups is 1. The standard InChI is InChI=1S/C7H8O2.3CO.Fe/c1-9-7-5-3-2-4-6(7)8;3*1-2;/h2-3,5H,4H2,1H3;;;;. The third-order valence-electron chi connectivity index (χ3n) is 1.18. The number of hydrogen-bond acceptors (Lipinski definition) is 2. The van der Waals surface area contributed by atoms with Gasteiger partial charge in [-0.15, -0.1) is 0 Å². The first-order chi connectivity index (χ1) is 7.34. The summed E-state index contributed by atoms with van der Waals surface area (Å²) < 4.78 is 27.3. The molecule has 16 heavy (non-hydrogen) atoms. The van der Waals surface area contributed by atoms with E-state index in [1.54, 1.807) is 6.42 Å². The van der Waals surface area contributed by atoms with Crippen LogP contribution in [-0.2, 0) is 40.6 Å². The summed E-state index contributed by atoms with van der Waals surface area (Å²) in [7, 11) is 1.50. The van der Waals surface area contributed by atoms with E-state index in [4.69, 9.17) is 18.7 Å². The zero-order valence-electron chi connectivity index (χ0n) is 8.33. The minimum atomic E-state index is 0. The van der Waals surface area contributed by atoms with Crippen LogP contribution in [0.2, 0.25) is 0 Å². The van der Waals surface area contributed by atoms with Crippen LogP contribution < -0.4 is 0 Å². The van der Waals surface area contributed by atoms with Crippen molar-refractivity contribution >= 4 is 5.78 Å². The van der Waals surface area contributed by atoms with Gasteiger partial charge in [0.15, 0.2) is 11.9 Å². The van der Waals surface area contributed by atoms with Crippen molar-refractivity contribution in [3.05, 3.63) is 45.3 Å². The van der Waals surface area contributed by atoms with Crippen molar-refractivity contribution in [3.8, 4) is 0 Å². The number of methoxy groups -OCH3 is 1. The molecular weight excluding hydrogens is 256 g/mol. The normalized spacial score (nSPS) is 13.1. The third kappa shape index (κ3) is 13.4. The topological polar surface area (TPSA) is 86.0 Å². The van der Waals surface area contributed by atoms with Gasteiger partial charge in [0.1, 0.15) is 0 Å². The molecule has 0 unspecified atom stereocenters. The SMILES string of the molecule is CO[C]1[CH][CH][CH]CC1=O.[C-]#[O+].[C-]#[O+].[C-]#[O+].[Fe]. The molecule has 4 radical (unpaired) electrons. The van der Waals surface area contributed by atoms with Gasteiger partial charge < -0.3 is 4.74 Å². The molecule has 6 heteroatoms.